The summed E-state index contributed by atoms with van der Waals surface area (Å²) >= 11 is 5.91. The molecule has 2 aromatic rings. The van der Waals surface area contributed by atoms with Gasteiger partial charge >= 0.3 is 0 Å². The first-order valence-corrected chi connectivity index (χ1v) is 9.91. The lowest BCUT2D eigenvalue weighted by molar-refractivity contribution is -0.173. The van der Waals surface area contributed by atoms with Crippen molar-refractivity contribution in [3.05, 3.63) is 47.5 Å². The summed E-state index contributed by atoms with van der Waals surface area (Å²) in [5.41, 5.74) is -0.0263. The van der Waals surface area contributed by atoms with E-state index in [1.807, 2.05) is 10.8 Å². The van der Waals surface area contributed by atoms with Gasteiger partial charge in [-0.3, -0.25) is 9.59 Å². The number of fused-ring (bicyclic) bond motifs is 2. The molecule has 0 aliphatic carbocycles. The summed E-state index contributed by atoms with van der Waals surface area (Å²) in [6, 6.07) is 6.95. The van der Waals surface area contributed by atoms with E-state index >= 15 is 0 Å². The molecule has 0 radical (unpaired) electrons. The van der Waals surface area contributed by atoms with Crippen LogP contribution >= 0.6 is 11.6 Å². The lowest BCUT2D eigenvalue weighted by Gasteiger charge is -2.45. The first kappa shape index (κ1) is 19.9. The highest BCUT2D eigenvalue weighted by Crippen LogP contribution is 2.40. The molecular formula is C20H23ClN4O4. The number of hydrogen-bond donors (Lipinski definition) is 1. The number of nitrogens with zero attached hydrogens (tertiary/aromatic N) is 3. The molecule has 1 aromatic carbocycles. The monoisotopic (exact) mass is 418 g/mol. The van der Waals surface area contributed by atoms with E-state index in [1.54, 1.807) is 35.4 Å². The third-order valence-electron chi connectivity index (χ3n) is 5.45. The van der Waals surface area contributed by atoms with Crippen molar-refractivity contribution in [1.82, 2.24) is 14.5 Å². The molecule has 9 heteroatoms. The molecule has 1 fully saturated rings. The Balaban J connectivity index is 1.50. The highest BCUT2D eigenvalue weighted by molar-refractivity contribution is 6.30. The molecule has 1 unspecified atom stereocenters. The molecule has 29 heavy (non-hydrogen) atoms. The van der Waals surface area contributed by atoms with Crippen LogP contribution in [0, 0.1) is 0 Å². The maximum Gasteiger partial charge on any atom is 0.255 e. The summed E-state index contributed by atoms with van der Waals surface area (Å²) in [6.07, 6.45) is 4.08. The van der Waals surface area contributed by atoms with Crippen LogP contribution in [0.1, 0.15) is 18.7 Å². The standard InChI is InChI=1S/C20H23ClN4O4/c1-28-13-17(26)24-9-6-20(7-10-24)19-22-8-11-25(19)12-16(29-20)18(27)23-15-4-2-14(21)3-5-15/h2-5,8,11,16H,6-7,9-10,12-13H2,1H3,(H,23,27). The minimum absolute atomic E-state index is 0.0430. The second kappa shape index (κ2) is 8.14. The normalized spacial score (nSPS) is 20.3. The van der Waals surface area contributed by atoms with Gasteiger partial charge in [-0.2, -0.15) is 0 Å². The third kappa shape index (κ3) is 4.01. The van der Waals surface area contributed by atoms with Crippen molar-refractivity contribution in [2.45, 2.75) is 31.1 Å². The van der Waals surface area contributed by atoms with Crippen LogP contribution in [0.4, 0.5) is 5.69 Å². The van der Waals surface area contributed by atoms with Crippen molar-refractivity contribution in [2.75, 3.05) is 32.1 Å². The van der Waals surface area contributed by atoms with Crippen LogP contribution in [0.3, 0.4) is 0 Å². The van der Waals surface area contributed by atoms with Crippen molar-refractivity contribution in [1.29, 1.82) is 0 Å². The Labute approximate surface area is 173 Å². The van der Waals surface area contributed by atoms with Gasteiger partial charge in [-0.1, -0.05) is 11.6 Å². The highest BCUT2D eigenvalue weighted by Gasteiger charge is 2.47. The number of anilines is 1. The maximum absolute atomic E-state index is 12.9. The third-order valence-corrected chi connectivity index (χ3v) is 5.70. The number of rotatable bonds is 4. The number of benzene rings is 1. The van der Waals surface area contributed by atoms with Crippen LogP contribution in [-0.2, 0) is 31.2 Å². The number of imidazole rings is 1. The van der Waals surface area contributed by atoms with Gasteiger partial charge in [0.1, 0.15) is 18.0 Å². The molecule has 4 rings (SSSR count). The summed E-state index contributed by atoms with van der Waals surface area (Å²) < 4.78 is 13.3. The average Bonchev–Trinajstić information content (AvgIpc) is 3.20. The van der Waals surface area contributed by atoms with Crippen molar-refractivity contribution < 1.29 is 19.1 Å². The van der Waals surface area contributed by atoms with Crippen molar-refractivity contribution in [2.24, 2.45) is 0 Å². The predicted octanol–water partition coefficient (Wildman–Crippen LogP) is 2.04. The summed E-state index contributed by atoms with van der Waals surface area (Å²) in [4.78, 5) is 31.3. The Morgan fingerprint density at radius 2 is 2.03 bits per heavy atom. The fourth-order valence-electron chi connectivity index (χ4n) is 3.96. The largest absolute Gasteiger partial charge is 0.375 e. The number of carbonyl (C=O) groups is 2. The zero-order chi connectivity index (χ0) is 20.4. The number of methoxy groups -OCH3 is 1. The first-order valence-electron chi connectivity index (χ1n) is 9.53. The quantitative estimate of drug-likeness (QED) is 0.821. The Bertz CT molecular complexity index is 890. The zero-order valence-corrected chi connectivity index (χ0v) is 16.9. The maximum atomic E-state index is 12.9. The SMILES string of the molecule is COCC(=O)N1CCC2(CC1)OC(C(=O)Nc1ccc(Cl)cc1)Cn1ccnc12. The Hall–Kier alpha value is -2.42. The second-order valence-corrected chi connectivity index (χ2v) is 7.75. The molecule has 1 atom stereocenters. The van der Waals surface area contributed by atoms with Gasteiger partial charge < -0.3 is 24.3 Å². The summed E-state index contributed by atoms with van der Waals surface area (Å²) in [5.74, 6) is 0.550. The Kier molecular flexibility index (Phi) is 5.58. The van der Waals surface area contributed by atoms with Gasteiger partial charge in [0.05, 0.1) is 6.54 Å². The highest BCUT2D eigenvalue weighted by atomic mass is 35.5. The van der Waals surface area contributed by atoms with Crippen LogP contribution in [0.5, 0.6) is 0 Å². The van der Waals surface area contributed by atoms with Gasteiger partial charge in [0.2, 0.25) is 5.91 Å². The van der Waals surface area contributed by atoms with E-state index in [0.29, 0.717) is 43.2 Å². The topological polar surface area (TPSA) is 85.7 Å². The molecule has 154 valence electrons. The fourth-order valence-corrected chi connectivity index (χ4v) is 4.09. The molecule has 1 spiro atoms. The number of piperidine rings is 1. The lowest BCUT2D eigenvalue weighted by atomic mass is 9.88. The molecule has 1 N–H and O–H groups in total. The molecule has 2 aliphatic heterocycles. The van der Waals surface area contributed by atoms with E-state index in [4.69, 9.17) is 21.1 Å². The van der Waals surface area contributed by atoms with E-state index in [1.165, 1.54) is 7.11 Å². The predicted molar refractivity (Wildman–Crippen MR) is 107 cm³/mol. The number of likely N-dealkylation sites (tertiary alicyclic amines) is 1. The van der Waals surface area contributed by atoms with Crippen molar-refractivity contribution >= 4 is 29.1 Å². The molecule has 3 heterocycles. The molecule has 1 saturated heterocycles. The van der Waals surface area contributed by atoms with Gasteiger partial charge in [-0.25, -0.2) is 4.98 Å². The molecule has 0 saturated carbocycles. The number of aromatic nitrogens is 2. The van der Waals surface area contributed by atoms with Crippen LogP contribution in [0.15, 0.2) is 36.7 Å². The van der Waals surface area contributed by atoms with Crippen molar-refractivity contribution in [3.63, 3.8) is 0 Å². The molecule has 1 aromatic heterocycles. The minimum Gasteiger partial charge on any atom is -0.375 e. The van der Waals surface area contributed by atoms with Gasteiger partial charge in [0.15, 0.2) is 6.10 Å². The first-order chi connectivity index (χ1) is 14.0. The van der Waals surface area contributed by atoms with Gasteiger partial charge in [-0.05, 0) is 24.3 Å². The Morgan fingerprint density at radius 3 is 2.72 bits per heavy atom. The van der Waals surface area contributed by atoms with Crippen LogP contribution in [0.2, 0.25) is 5.02 Å². The van der Waals surface area contributed by atoms with E-state index in [0.717, 1.165) is 5.82 Å². The van der Waals surface area contributed by atoms with Crippen LogP contribution < -0.4 is 5.32 Å². The number of amides is 2. The molecule has 2 amide bonds. The van der Waals surface area contributed by atoms with Crippen molar-refractivity contribution in [3.8, 4) is 0 Å². The molecule has 2 aliphatic rings. The smallest absolute Gasteiger partial charge is 0.255 e. The Morgan fingerprint density at radius 1 is 1.31 bits per heavy atom. The summed E-state index contributed by atoms with van der Waals surface area (Å²) in [6.45, 7) is 1.51. The fraction of sp³-hybridized carbons (Fsp3) is 0.450. The van der Waals surface area contributed by atoms with E-state index in [9.17, 15) is 9.59 Å². The van der Waals surface area contributed by atoms with Gasteiger partial charge in [-0.15, -0.1) is 0 Å². The van der Waals surface area contributed by atoms with Gasteiger partial charge in [0.25, 0.3) is 5.91 Å². The second-order valence-electron chi connectivity index (χ2n) is 7.31. The van der Waals surface area contributed by atoms with E-state index in [-0.39, 0.29) is 18.4 Å². The molecule has 8 nitrogen and oxygen atoms in total. The van der Waals surface area contributed by atoms with Gasteiger partial charge in [0, 0.05) is 56.1 Å². The number of carbonyl (C=O) groups excluding carboxylic acids is 2. The van der Waals surface area contributed by atoms with E-state index < -0.39 is 11.7 Å². The lowest BCUT2D eigenvalue weighted by Crippen LogP contribution is -2.54. The minimum atomic E-state index is -0.687. The number of ether oxygens (including phenoxy) is 2. The van der Waals surface area contributed by atoms with Crippen LogP contribution in [0.25, 0.3) is 0 Å². The summed E-state index contributed by atoms with van der Waals surface area (Å²) in [5, 5.41) is 3.50. The average molecular weight is 419 g/mol. The zero-order valence-electron chi connectivity index (χ0n) is 16.1. The number of hydrogen-bond acceptors (Lipinski definition) is 5. The number of halogens is 1. The van der Waals surface area contributed by atoms with E-state index in [2.05, 4.69) is 10.3 Å². The number of nitrogens with one attached hydrogen (secondary N) is 1. The van der Waals surface area contributed by atoms with Crippen LogP contribution in [-0.4, -0.2) is 59.2 Å². The molecular weight excluding hydrogens is 396 g/mol. The summed E-state index contributed by atoms with van der Waals surface area (Å²) in [7, 11) is 1.51. The molecule has 0 bridgehead atoms.